The van der Waals surface area contributed by atoms with Gasteiger partial charge in [0.05, 0.1) is 13.7 Å². The molecule has 29 heavy (non-hydrogen) atoms. The van der Waals surface area contributed by atoms with Crippen LogP contribution in [0.15, 0.2) is 48.5 Å². The van der Waals surface area contributed by atoms with E-state index in [-0.39, 0.29) is 36.9 Å². The van der Waals surface area contributed by atoms with Crippen LogP contribution in [-0.4, -0.2) is 48.9 Å². The molecule has 2 aromatic rings. The number of carbonyl (C=O) groups excluding carboxylic acids is 3. The number of nitrogens with zero attached hydrogens (tertiary/aromatic N) is 1. The Hall–Kier alpha value is -3.35. The summed E-state index contributed by atoms with van der Waals surface area (Å²) in [6.07, 6.45) is 1.74. The minimum atomic E-state index is -0.368. The van der Waals surface area contributed by atoms with Crippen LogP contribution >= 0.6 is 0 Å². The molecule has 0 atom stereocenters. The number of benzene rings is 2. The molecule has 0 radical (unpaired) electrons. The third-order valence-corrected chi connectivity index (χ3v) is 4.63. The minimum Gasteiger partial charge on any atom is -0.497 e. The van der Waals surface area contributed by atoms with Gasteiger partial charge in [0.25, 0.3) is 5.91 Å². The first-order chi connectivity index (χ1) is 14.0. The molecule has 152 valence electrons. The molecule has 3 amide bonds. The van der Waals surface area contributed by atoms with Crippen LogP contribution in [0.1, 0.15) is 28.8 Å². The summed E-state index contributed by atoms with van der Waals surface area (Å²) >= 11 is 0. The molecule has 7 heteroatoms. The monoisotopic (exact) mass is 395 g/mol. The number of methoxy groups -OCH3 is 1. The third kappa shape index (κ3) is 5.81. The molecule has 1 aliphatic rings. The molecule has 0 unspecified atom stereocenters. The number of amides is 3. The fraction of sp³-hybridized carbons (Fsp3) is 0.318. The first-order valence-corrected chi connectivity index (χ1v) is 9.54. The van der Waals surface area contributed by atoms with Gasteiger partial charge in [0.2, 0.25) is 11.8 Å². The quantitative estimate of drug-likeness (QED) is 0.718. The van der Waals surface area contributed by atoms with Crippen LogP contribution in [0, 0.1) is 6.92 Å². The lowest BCUT2D eigenvalue weighted by molar-refractivity contribution is -0.124. The molecule has 0 bridgehead atoms. The lowest BCUT2D eigenvalue weighted by Crippen LogP contribution is -2.43. The minimum absolute atomic E-state index is 0.0561. The smallest absolute Gasteiger partial charge is 0.254 e. The molecule has 2 aromatic carbocycles. The number of hydrogen-bond donors (Lipinski definition) is 2. The zero-order chi connectivity index (χ0) is 20.8. The van der Waals surface area contributed by atoms with E-state index in [2.05, 4.69) is 10.6 Å². The molecule has 3 rings (SSSR count). The van der Waals surface area contributed by atoms with Gasteiger partial charge in [0.15, 0.2) is 0 Å². The SMILES string of the molecule is COc1cccc(C(=O)N(CC(=O)NCC(=O)Nc2cccc(C)c2)C2CC2)c1. The predicted octanol–water partition coefficient (Wildman–Crippen LogP) is 2.36. The van der Waals surface area contributed by atoms with E-state index in [0.29, 0.717) is 17.0 Å². The molecular formula is C22H25N3O4. The van der Waals surface area contributed by atoms with Gasteiger partial charge in [-0.25, -0.2) is 0 Å². The van der Waals surface area contributed by atoms with Crippen molar-refractivity contribution in [2.24, 2.45) is 0 Å². The number of aryl methyl sites for hydroxylation is 1. The zero-order valence-corrected chi connectivity index (χ0v) is 16.6. The van der Waals surface area contributed by atoms with Gasteiger partial charge in [-0.15, -0.1) is 0 Å². The summed E-state index contributed by atoms with van der Waals surface area (Å²) in [4.78, 5) is 38.8. The molecule has 0 heterocycles. The Labute approximate surface area is 170 Å². The molecule has 1 saturated carbocycles. The molecule has 0 aliphatic heterocycles. The van der Waals surface area contributed by atoms with Crippen molar-refractivity contribution in [3.63, 3.8) is 0 Å². The highest BCUT2D eigenvalue weighted by atomic mass is 16.5. The van der Waals surface area contributed by atoms with Gasteiger partial charge in [0.1, 0.15) is 12.3 Å². The molecule has 0 aromatic heterocycles. The van der Waals surface area contributed by atoms with E-state index < -0.39 is 0 Å². The van der Waals surface area contributed by atoms with Gasteiger partial charge in [0, 0.05) is 17.3 Å². The maximum atomic E-state index is 12.9. The summed E-state index contributed by atoms with van der Waals surface area (Å²) in [5.74, 6) is -0.316. The van der Waals surface area contributed by atoms with Crippen molar-refractivity contribution in [2.75, 3.05) is 25.5 Å². The highest BCUT2D eigenvalue weighted by Crippen LogP contribution is 2.28. The Balaban J connectivity index is 1.54. The summed E-state index contributed by atoms with van der Waals surface area (Å²) in [7, 11) is 1.54. The van der Waals surface area contributed by atoms with Crippen molar-refractivity contribution in [1.29, 1.82) is 0 Å². The van der Waals surface area contributed by atoms with E-state index in [1.54, 1.807) is 35.2 Å². The van der Waals surface area contributed by atoms with Crippen LogP contribution in [-0.2, 0) is 9.59 Å². The Morgan fingerprint density at radius 3 is 2.52 bits per heavy atom. The fourth-order valence-electron chi connectivity index (χ4n) is 2.99. The molecule has 0 saturated heterocycles. The number of hydrogen-bond acceptors (Lipinski definition) is 4. The molecule has 7 nitrogen and oxygen atoms in total. The highest BCUT2D eigenvalue weighted by Gasteiger charge is 2.34. The lowest BCUT2D eigenvalue weighted by Gasteiger charge is -2.22. The van der Waals surface area contributed by atoms with Crippen LogP contribution in [0.4, 0.5) is 5.69 Å². The second-order valence-corrected chi connectivity index (χ2v) is 7.09. The van der Waals surface area contributed by atoms with Crippen molar-refractivity contribution >= 4 is 23.4 Å². The summed E-state index contributed by atoms with van der Waals surface area (Å²) in [6, 6.07) is 14.3. The van der Waals surface area contributed by atoms with E-state index in [9.17, 15) is 14.4 Å². The van der Waals surface area contributed by atoms with Gasteiger partial charge in [-0.05, 0) is 55.7 Å². The average Bonchev–Trinajstić information content (AvgIpc) is 3.55. The molecule has 1 aliphatic carbocycles. The lowest BCUT2D eigenvalue weighted by atomic mass is 10.2. The largest absolute Gasteiger partial charge is 0.497 e. The van der Waals surface area contributed by atoms with Crippen LogP contribution in [0.3, 0.4) is 0 Å². The van der Waals surface area contributed by atoms with Crippen molar-refractivity contribution in [2.45, 2.75) is 25.8 Å². The van der Waals surface area contributed by atoms with E-state index in [1.165, 1.54) is 7.11 Å². The van der Waals surface area contributed by atoms with Crippen molar-refractivity contribution < 1.29 is 19.1 Å². The maximum absolute atomic E-state index is 12.9. The summed E-state index contributed by atoms with van der Waals surface area (Å²) in [5.41, 5.74) is 2.18. The molecule has 2 N–H and O–H groups in total. The van der Waals surface area contributed by atoms with Crippen molar-refractivity contribution in [3.05, 3.63) is 59.7 Å². The zero-order valence-electron chi connectivity index (χ0n) is 16.6. The van der Waals surface area contributed by atoms with Crippen LogP contribution in [0.25, 0.3) is 0 Å². The van der Waals surface area contributed by atoms with Gasteiger partial charge in [-0.1, -0.05) is 18.2 Å². The number of ether oxygens (including phenoxy) is 1. The third-order valence-electron chi connectivity index (χ3n) is 4.63. The molecule has 0 spiro atoms. The van der Waals surface area contributed by atoms with E-state index >= 15 is 0 Å². The maximum Gasteiger partial charge on any atom is 0.254 e. The van der Waals surface area contributed by atoms with Gasteiger partial charge >= 0.3 is 0 Å². The second kappa shape index (κ2) is 9.23. The summed E-state index contributed by atoms with van der Waals surface area (Å²) < 4.78 is 5.17. The molecule has 1 fully saturated rings. The van der Waals surface area contributed by atoms with E-state index in [0.717, 1.165) is 18.4 Å². The first kappa shape index (κ1) is 20.4. The Kier molecular flexibility index (Phi) is 6.49. The standard InChI is InChI=1S/C22H25N3O4/c1-15-5-3-7-17(11-15)24-20(26)13-23-21(27)14-25(18-9-10-18)22(28)16-6-4-8-19(12-16)29-2/h3-8,11-12,18H,9-10,13-14H2,1-2H3,(H,23,27)(H,24,26). The predicted molar refractivity (Wildman–Crippen MR) is 110 cm³/mol. The first-order valence-electron chi connectivity index (χ1n) is 9.54. The van der Waals surface area contributed by atoms with Gasteiger partial charge < -0.3 is 20.3 Å². The van der Waals surface area contributed by atoms with Gasteiger partial charge in [-0.2, -0.15) is 0 Å². The average molecular weight is 395 g/mol. The number of carbonyl (C=O) groups is 3. The normalized spacial score (nSPS) is 12.8. The van der Waals surface area contributed by atoms with Crippen LogP contribution in [0.2, 0.25) is 0 Å². The topological polar surface area (TPSA) is 87.7 Å². The van der Waals surface area contributed by atoms with Crippen molar-refractivity contribution in [3.8, 4) is 5.75 Å². The Bertz CT molecular complexity index is 908. The second-order valence-electron chi connectivity index (χ2n) is 7.09. The Morgan fingerprint density at radius 2 is 1.83 bits per heavy atom. The number of anilines is 1. The summed E-state index contributed by atoms with van der Waals surface area (Å²) in [5, 5.41) is 5.33. The highest BCUT2D eigenvalue weighted by molar-refractivity contribution is 5.98. The number of nitrogens with one attached hydrogen (secondary N) is 2. The van der Waals surface area contributed by atoms with Crippen LogP contribution < -0.4 is 15.4 Å². The van der Waals surface area contributed by atoms with E-state index in [1.807, 2.05) is 25.1 Å². The number of rotatable bonds is 8. The van der Waals surface area contributed by atoms with E-state index in [4.69, 9.17) is 4.74 Å². The van der Waals surface area contributed by atoms with Crippen molar-refractivity contribution in [1.82, 2.24) is 10.2 Å². The summed E-state index contributed by atoms with van der Waals surface area (Å²) in [6.45, 7) is 1.69. The Morgan fingerprint density at radius 1 is 1.07 bits per heavy atom. The van der Waals surface area contributed by atoms with Crippen LogP contribution in [0.5, 0.6) is 5.75 Å². The van der Waals surface area contributed by atoms with Gasteiger partial charge in [-0.3, -0.25) is 14.4 Å². The fourth-order valence-corrected chi connectivity index (χ4v) is 2.99. The molecular weight excluding hydrogens is 370 g/mol.